The van der Waals surface area contributed by atoms with Crippen molar-refractivity contribution in [1.82, 2.24) is 0 Å². The summed E-state index contributed by atoms with van der Waals surface area (Å²) >= 11 is 0. The normalized spacial score (nSPS) is 44.5. The van der Waals surface area contributed by atoms with Crippen LogP contribution < -0.4 is 0 Å². The summed E-state index contributed by atoms with van der Waals surface area (Å²) < 4.78 is 21.7. The summed E-state index contributed by atoms with van der Waals surface area (Å²) in [6, 6.07) is 0. The van der Waals surface area contributed by atoms with E-state index in [0.717, 1.165) is 18.4 Å². The molecule has 6 rings (SSSR count). The van der Waals surface area contributed by atoms with Gasteiger partial charge >= 0.3 is 0 Å². The Morgan fingerprint density at radius 3 is 2.50 bits per heavy atom. The molecule has 0 amide bonds. The third kappa shape index (κ3) is 3.32. The predicted molar refractivity (Wildman–Crippen MR) is 99.4 cm³/mol. The molecular formula is C21H32O5. The minimum Gasteiger partial charge on any atom is -0.371 e. The van der Waals surface area contributed by atoms with Crippen LogP contribution in [0, 0.1) is 11.3 Å². The number of hydrogen-bond donors (Lipinski definition) is 1. The van der Waals surface area contributed by atoms with Gasteiger partial charge in [0.2, 0.25) is 5.79 Å². The highest BCUT2D eigenvalue weighted by molar-refractivity contribution is 5.31. The van der Waals surface area contributed by atoms with E-state index in [1.54, 1.807) is 12.2 Å². The van der Waals surface area contributed by atoms with Gasteiger partial charge in [-0.3, -0.25) is 0 Å². The van der Waals surface area contributed by atoms with Gasteiger partial charge in [-0.1, -0.05) is 19.1 Å². The second-order valence-electron chi connectivity index (χ2n) is 8.55. The molecule has 0 radical (unpaired) electrons. The van der Waals surface area contributed by atoms with Crippen LogP contribution in [0.2, 0.25) is 0 Å². The first-order valence-electron chi connectivity index (χ1n) is 9.32. The van der Waals surface area contributed by atoms with Crippen LogP contribution in [0.3, 0.4) is 0 Å². The quantitative estimate of drug-likeness (QED) is 0.612. The maximum Gasteiger partial charge on any atom is 0.216 e. The molecule has 5 heteroatoms. The molecule has 0 aromatic heterocycles. The number of hydrogen-bond acceptors (Lipinski definition) is 5. The lowest BCUT2D eigenvalue weighted by atomic mass is 9.50. The molecular weight excluding hydrogens is 332 g/mol. The Morgan fingerprint density at radius 1 is 1.31 bits per heavy atom. The monoisotopic (exact) mass is 364 g/mol. The summed E-state index contributed by atoms with van der Waals surface area (Å²) in [6.45, 7) is 10.4. The molecule has 6 atom stereocenters. The molecule has 2 unspecified atom stereocenters. The average Bonchev–Trinajstić information content (AvgIpc) is 2.55. The van der Waals surface area contributed by atoms with Crippen LogP contribution in [0.5, 0.6) is 0 Å². The summed E-state index contributed by atoms with van der Waals surface area (Å²) in [6.07, 6.45) is 10.3. The Balaban J connectivity index is 0.000000152. The molecule has 4 aliphatic heterocycles. The highest BCUT2D eigenvalue weighted by Gasteiger charge is 2.66. The van der Waals surface area contributed by atoms with Gasteiger partial charge < -0.3 is 24.1 Å². The first kappa shape index (κ1) is 19.8. The zero-order chi connectivity index (χ0) is 19.2. The molecule has 5 nitrogen and oxygen atoms in total. The summed E-state index contributed by atoms with van der Waals surface area (Å²) in [7, 11) is 2.98. The summed E-state index contributed by atoms with van der Waals surface area (Å²) in [4.78, 5) is 0. The Labute approximate surface area is 156 Å². The van der Waals surface area contributed by atoms with Gasteiger partial charge in [0.25, 0.3) is 0 Å². The fraction of sp³-hybridized carbons (Fsp3) is 0.714. The topological polar surface area (TPSA) is 57.2 Å². The van der Waals surface area contributed by atoms with E-state index < -0.39 is 11.9 Å². The van der Waals surface area contributed by atoms with E-state index in [1.807, 2.05) is 12.2 Å². The lowest BCUT2D eigenvalue weighted by molar-refractivity contribution is -0.414. The molecule has 4 bridgehead atoms. The van der Waals surface area contributed by atoms with Crippen molar-refractivity contribution in [3.05, 3.63) is 36.5 Å². The van der Waals surface area contributed by atoms with Crippen molar-refractivity contribution < 1.29 is 24.1 Å². The third-order valence-corrected chi connectivity index (χ3v) is 6.20. The summed E-state index contributed by atoms with van der Waals surface area (Å²) in [5, 5.41) is 9.92. The molecule has 1 saturated carbocycles. The smallest absolute Gasteiger partial charge is 0.216 e. The van der Waals surface area contributed by atoms with E-state index >= 15 is 0 Å². The minimum atomic E-state index is -1.35. The van der Waals surface area contributed by atoms with Crippen LogP contribution in [0.25, 0.3) is 0 Å². The highest BCUT2D eigenvalue weighted by Crippen LogP contribution is 2.64. The number of ether oxygens (including phenoxy) is 4. The van der Waals surface area contributed by atoms with Crippen LogP contribution in [-0.4, -0.2) is 49.2 Å². The molecule has 26 heavy (non-hydrogen) atoms. The lowest BCUT2D eigenvalue weighted by Gasteiger charge is -2.68. The van der Waals surface area contributed by atoms with Crippen molar-refractivity contribution in [1.29, 1.82) is 0 Å². The van der Waals surface area contributed by atoms with Gasteiger partial charge in [-0.25, -0.2) is 0 Å². The van der Waals surface area contributed by atoms with Gasteiger partial charge in [-0.15, -0.1) is 6.58 Å². The van der Waals surface area contributed by atoms with Crippen molar-refractivity contribution in [2.75, 3.05) is 14.2 Å². The van der Waals surface area contributed by atoms with Crippen molar-refractivity contribution in [2.24, 2.45) is 11.3 Å². The predicted octanol–water partition coefficient (Wildman–Crippen LogP) is 3.35. The molecule has 6 aliphatic rings. The third-order valence-electron chi connectivity index (χ3n) is 6.20. The summed E-state index contributed by atoms with van der Waals surface area (Å²) in [5.74, 6) is -0.714. The second kappa shape index (κ2) is 6.88. The van der Waals surface area contributed by atoms with Gasteiger partial charge in [-0.2, -0.15) is 0 Å². The molecule has 5 fully saturated rings. The number of methoxy groups -OCH3 is 2. The number of fused-ring (bicyclic) bond motifs is 1. The van der Waals surface area contributed by atoms with Gasteiger partial charge in [0.05, 0.1) is 11.7 Å². The van der Waals surface area contributed by atoms with Crippen molar-refractivity contribution in [3.63, 3.8) is 0 Å². The van der Waals surface area contributed by atoms with E-state index in [1.165, 1.54) is 20.6 Å². The lowest BCUT2D eigenvalue weighted by Crippen LogP contribution is -2.71. The molecule has 0 aromatic carbocycles. The fourth-order valence-electron chi connectivity index (χ4n) is 5.14. The minimum absolute atomic E-state index is 0.0544. The van der Waals surface area contributed by atoms with E-state index in [4.69, 9.17) is 18.9 Å². The standard InChI is InChI=1S/C11H16O3.C10H16O2/c1-4-5-9-6-7-11(12,14-3)10(8-9)13-2;1-9(2)8-6-4-10(8,3)5-7(11-6)12-9/h4,6-8,10,12H,1,5H2,2-3H3;6-8H,4-5H2,1-3H3/t;6-,7-,8+,10-/m.1/s1. The summed E-state index contributed by atoms with van der Waals surface area (Å²) in [5.41, 5.74) is 1.64. The Hall–Kier alpha value is -0.980. The molecule has 0 spiro atoms. The van der Waals surface area contributed by atoms with Crippen LogP contribution in [0.4, 0.5) is 0 Å². The molecule has 2 aliphatic carbocycles. The highest BCUT2D eigenvalue weighted by atomic mass is 16.7. The van der Waals surface area contributed by atoms with Crippen LogP contribution in [-0.2, 0) is 18.9 Å². The largest absolute Gasteiger partial charge is 0.371 e. The first-order valence-corrected chi connectivity index (χ1v) is 9.32. The zero-order valence-corrected chi connectivity index (χ0v) is 16.5. The fourth-order valence-corrected chi connectivity index (χ4v) is 5.14. The van der Waals surface area contributed by atoms with Gasteiger partial charge in [-0.05, 0) is 49.8 Å². The van der Waals surface area contributed by atoms with Crippen LogP contribution in [0.15, 0.2) is 36.5 Å². The van der Waals surface area contributed by atoms with Crippen molar-refractivity contribution in [2.45, 2.75) is 69.9 Å². The molecule has 4 saturated heterocycles. The SMILES string of the molecule is C=CCC1=CC(OC)C(O)(OC)C=C1.CC1(C)O[C@@H]2C[C@@]3(C)C[C@@H](O2)[C@@H]13. The van der Waals surface area contributed by atoms with Crippen molar-refractivity contribution in [3.8, 4) is 0 Å². The molecule has 4 heterocycles. The Kier molecular flexibility index (Phi) is 5.23. The van der Waals surface area contributed by atoms with E-state index in [2.05, 4.69) is 27.4 Å². The van der Waals surface area contributed by atoms with E-state index in [9.17, 15) is 5.11 Å². The maximum atomic E-state index is 9.92. The molecule has 146 valence electrons. The number of rotatable bonds is 4. The number of allylic oxidation sites excluding steroid dienone is 3. The Morgan fingerprint density at radius 2 is 2.04 bits per heavy atom. The average molecular weight is 364 g/mol. The van der Waals surface area contributed by atoms with Crippen LogP contribution in [0.1, 0.15) is 40.0 Å². The van der Waals surface area contributed by atoms with Crippen LogP contribution >= 0.6 is 0 Å². The maximum absolute atomic E-state index is 9.92. The van der Waals surface area contributed by atoms with Gasteiger partial charge in [0.1, 0.15) is 6.10 Å². The first-order chi connectivity index (χ1) is 12.2. The number of aliphatic hydroxyl groups is 1. The molecule has 0 aromatic rings. The Bertz CT molecular complexity index is 594. The zero-order valence-electron chi connectivity index (χ0n) is 16.5. The van der Waals surface area contributed by atoms with E-state index in [-0.39, 0.29) is 11.9 Å². The van der Waals surface area contributed by atoms with E-state index in [0.29, 0.717) is 17.4 Å². The van der Waals surface area contributed by atoms with Gasteiger partial charge in [0.15, 0.2) is 6.29 Å². The molecule has 1 N–H and O–H groups in total. The second-order valence-corrected chi connectivity index (χ2v) is 8.55. The van der Waals surface area contributed by atoms with Gasteiger partial charge in [0, 0.05) is 26.6 Å². The van der Waals surface area contributed by atoms with Crippen molar-refractivity contribution >= 4 is 0 Å².